The summed E-state index contributed by atoms with van der Waals surface area (Å²) in [4.78, 5) is 25.1. The molecular formula is C46H42O10. The summed E-state index contributed by atoms with van der Waals surface area (Å²) in [5.74, 6) is 0.817. The van der Waals surface area contributed by atoms with E-state index in [1.807, 2.05) is 65.8 Å². The first-order valence-corrected chi connectivity index (χ1v) is 18.5. The van der Waals surface area contributed by atoms with Crippen molar-refractivity contribution >= 4 is 11.9 Å². The van der Waals surface area contributed by atoms with Gasteiger partial charge in [0.1, 0.15) is 46.0 Å². The van der Waals surface area contributed by atoms with Gasteiger partial charge in [0, 0.05) is 57.6 Å². The van der Waals surface area contributed by atoms with Gasteiger partial charge in [-0.1, -0.05) is 77.9 Å². The zero-order valence-electron chi connectivity index (χ0n) is 31.8. The summed E-state index contributed by atoms with van der Waals surface area (Å²) < 4.78 is 23.6. The Hall–Kier alpha value is -6.94. The number of ether oxygens (including phenoxy) is 4. The van der Waals surface area contributed by atoms with Crippen LogP contribution in [0.1, 0.15) is 95.6 Å². The molecule has 0 saturated carbocycles. The predicted molar refractivity (Wildman–Crippen MR) is 210 cm³/mol. The molecule has 0 bridgehead atoms. The van der Waals surface area contributed by atoms with Gasteiger partial charge in [0.15, 0.2) is 11.2 Å². The summed E-state index contributed by atoms with van der Waals surface area (Å²) in [7, 11) is 0. The van der Waals surface area contributed by atoms with Crippen LogP contribution < -0.4 is 9.47 Å². The molecule has 0 saturated heterocycles. The number of phenols is 4. The van der Waals surface area contributed by atoms with Crippen LogP contribution >= 0.6 is 0 Å². The molecule has 10 nitrogen and oxygen atoms in total. The highest BCUT2D eigenvalue weighted by atomic mass is 16.6. The van der Waals surface area contributed by atoms with E-state index in [1.165, 1.54) is 48.5 Å². The van der Waals surface area contributed by atoms with Gasteiger partial charge in [-0.25, -0.2) is 9.59 Å². The number of hydrogen-bond acceptors (Lipinski definition) is 10. The number of carbonyl (C=O) groups is 2. The third-order valence-corrected chi connectivity index (χ3v) is 9.36. The van der Waals surface area contributed by atoms with Crippen molar-refractivity contribution in [1.82, 2.24) is 0 Å². The van der Waals surface area contributed by atoms with Crippen molar-refractivity contribution in [2.45, 2.75) is 52.7 Å². The SMILES string of the molecule is CC.CC.CC.O=C1OC2(c3ccc(O)cc3Oc3cc(O)ccc32)c2ccccc21.O=C1OC2(c3ccc(O)cc3Oc3cc(O)ccc32)c2ccccc21. The second-order valence-electron chi connectivity index (χ2n) is 12.2. The molecule has 0 amide bonds. The monoisotopic (exact) mass is 754 g/mol. The van der Waals surface area contributed by atoms with Crippen LogP contribution in [0, 0.1) is 0 Å². The van der Waals surface area contributed by atoms with Crippen molar-refractivity contribution in [2.75, 3.05) is 0 Å². The molecule has 0 aliphatic carbocycles. The maximum absolute atomic E-state index is 12.5. The van der Waals surface area contributed by atoms with E-state index in [4.69, 9.17) is 18.9 Å². The number of rotatable bonds is 0. The molecule has 4 aliphatic rings. The first kappa shape index (κ1) is 38.8. The lowest BCUT2D eigenvalue weighted by atomic mass is 9.77. The van der Waals surface area contributed by atoms with Crippen molar-refractivity contribution in [3.8, 4) is 46.0 Å². The van der Waals surface area contributed by atoms with E-state index >= 15 is 0 Å². The minimum absolute atomic E-state index is 0.0371. The van der Waals surface area contributed by atoms with E-state index in [0.717, 1.165) is 0 Å². The number of carbonyl (C=O) groups excluding carboxylic acids is 2. The molecule has 56 heavy (non-hydrogen) atoms. The second kappa shape index (κ2) is 15.4. The van der Waals surface area contributed by atoms with E-state index in [0.29, 0.717) is 67.5 Å². The van der Waals surface area contributed by atoms with E-state index in [-0.39, 0.29) is 23.0 Å². The van der Waals surface area contributed by atoms with Gasteiger partial charge in [-0.3, -0.25) is 0 Å². The molecule has 4 N–H and O–H groups in total. The van der Waals surface area contributed by atoms with Crippen molar-refractivity contribution in [3.63, 3.8) is 0 Å². The van der Waals surface area contributed by atoms with Crippen LogP contribution in [0.4, 0.5) is 0 Å². The molecule has 6 aromatic carbocycles. The van der Waals surface area contributed by atoms with E-state index in [9.17, 15) is 30.0 Å². The number of aromatic hydroxyl groups is 4. The summed E-state index contributed by atoms with van der Waals surface area (Å²) in [5, 5.41) is 39.3. The molecule has 6 aromatic rings. The molecule has 286 valence electrons. The van der Waals surface area contributed by atoms with Crippen LogP contribution in [0.5, 0.6) is 46.0 Å². The third kappa shape index (κ3) is 5.99. The Bertz CT molecular complexity index is 2180. The fourth-order valence-electron chi connectivity index (χ4n) is 7.31. The van der Waals surface area contributed by atoms with Crippen molar-refractivity contribution in [2.24, 2.45) is 0 Å². The van der Waals surface area contributed by atoms with Gasteiger partial charge in [0.25, 0.3) is 0 Å². The van der Waals surface area contributed by atoms with Gasteiger partial charge in [-0.2, -0.15) is 0 Å². The Morgan fingerprint density at radius 1 is 0.375 bits per heavy atom. The Balaban J connectivity index is 0.000000168. The Kier molecular flexibility index (Phi) is 10.7. The Morgan fingerprint density at radius 2 is 0.643 bits per heavy atom. The van der Waals surface area contributed by atoms with Gasteiger partial charge in [0.05, 0.1) is 11.1 Å². The minimum atomic E-state index is -1.17. The third-order valence-electron chi connectivity index (χ3n) is 9.36. The van der Waals surface area contributed by atoms with Crippen LogP contribution in [0.15, 0.2) is 121 Å². The normalized spacial score (nSPS) is 14.4. The minimum Gasteiger partial charge on any atom is -0.508 e. The molecule has 0 atom stereocenters. The van der Waals surface area contributed by atoms with Gasteiger partial charge in [0.2, 0.25) is 0 Å². The summed E-state index contributed by atoms with van der Waals surface area (Å²) >= 11 is 0. The molecule has 4 aliphatic heterocycles. The molecule has 10 heteroatoms. The van der Waals surface area contributed by atoms with Crippen LogP contribution in [0.2, 0.25) is 0 Å². The van der Waals surface area contributed by atoms with Crippen molar-refractivity contribution in [3.05, 3.63) is 166 Å². The van der Waals surface area contributed by atoms with Gasteiger partial charge in [-0.15, -0.1) is 0 Å². The molecule has 0 fully saturated rings. The number of benzene rings is 6. The number of phenolic OH excluding ortho intramolecular Hbond substituents is 4. The van der Waals surface area contributed by atoms with Gasteiger partial charge >= 0.3 is 11.9 Å². The van der Waals surface area contributed by atoms with E-state index in [2.05, 4.69) is 0 Å². The smallest absolute Gasteiger partial charge is 0.340 e. The lowest BCUT2D eigenvalue weighted by molar-refractivity contribution is 0.0214. The Morgan fingerprint density at radius 3 is 0.929 bits per heavy atom. The molecule has 0 unspecified atom stereocenters. The van der Waals surface area contributed by atoms with Gasteiger partial charge in [-0.05, 0) is 60.7 Å². The standard InChI is InChI=1S/2C20H12O5.3C2H6/c2*21-11-5-7-15-17(9-11)24-18-10-12(22)6-8-16(18)20(15)14-4-2-1-3-13(14)19(23)25-20;3*1-2/h2*1-10,21-22H;3*1-2H3. The topological polar surface area (TPSA) is 152 Å². The highest BCUT2D eigenvalue weighted by molar-refractivity contribution is 5.98. The summed E-state index contributed by atoms with van der Waals surface area (Å²) in [6.45, 7) is 12.0. The highest BCUT2D eigenvalue weighted by Gasteiger charge is 2.55. The fraction of sp³-hybridized carbons (Fsp3) is 0.174. The summed E-state index contributed by atoms with van der Waals surface area (Å²) in [6, 6.07) is 33.2. The summed E-state index contributed by atoms with van der Waals surface area (Å²) in [6.07, 6.45) is 0. The van der Waals surface area contributed by atoms with Crippen LogP contribution in [-0.4, -0.2) is 32.4 Å². The van der Waals surface area contributed by atoms with Crippen molar-refractivity contribution in [1.29, 1.82) is 0 Å². The van der Waals surface area contributed by atoms with E-state index in [1.54, 1.807) is 48.5 Å². The summed E-state index contributed by atoms with van der Waals surface area (Å²) in [5.41, 5.74) is 2.57. The maximum Gasteiger partial charge on any atom is 0.340 e. The largest absolute Gasteiger partial charge is 0.508 e. The molecule has 2 spiro atoms. The molecule has 4 heterocycles. The quantitative estimate of drug-likeness (QED) is 0.110. The van der Waals surface area contributed by atoms with Gasteiger partial charge < -0.3 is 39.4 Å². The van der Waals surface area contributed by atoms with Crippen LogP contribution in [-0.2, 0) is 20.7 Å². The molecule has 10 rings (SSSR count). The van der Waals surface area contributed by atoms with E-state index < -0.39 is 23.1 Å². The van der Waals surface area contributed by atoms with Crippen LogP contribution in [0.25, 0.3) is 0 Å². The zero-order valence-corrected chi connectivity index (χ0v) is 31.8. The highest BCUT2D eigenvalue weighted by Crippen LogP contribution is 2.58. The maximum atomic E-state index is 12.5. The fourth-order valence-corrected chi connectivity index (χ4v) is 7.31. The zero-order chi connectivity index (χ0) is 40.4. The number of hydrogen-bond donors (Lipinski definition) is 4. The predicted octanol–water partition coefficient (Wildman–Crippen LogP) is 10.4. The second-order valence-corrected chi connectivity index (χ2v) is 12.2. The average Bonchev–Trinajstić information content (AvgIpc) is 3.68. The average molecular weight is 755 g/mol. The van der Waals surface area contributed by atoms with Crippen molar-refractivity contribution < 1.29 is 49.0 Å². The molecule has 0 aromatic heterocycles. The number of esters is 2. The number of fused-ring (bicyclic) bond motifs is 12. The van der Waals surface area contributed by atoms with Crippen LogP contribution in [0.3, 0.4) is 0 Å². The first-order valence-electron chi connectivity index (χ1n) is 18.5. The molecular weight excluding hydrogens is 712 g/mol. The lowest BCUT2D eigenvalue weighted by Crippen LogP contribution is -2.32. The Labute approximate surface area is 324 Å². The first-order chi connectivity index (χ1) is 27.2. The lowest BCUT2D eigenvalue weighted by Gasteiger charge is -2.36. The molecule has 0 radical (unpaired) electrons.